The molecule has 1 heterocycles. The minimum atomic E-state index is -1.08. The quantitative estimate of drug-likeness (QED) is 0.720. The van der Waals surface area contributed by atoms with E-state index in [0.717, 1.165) is 5.56 Å². The number of anilines is 1. The summed E-state index contributed by atoms with van der Waals surface area (Å²) in [5, 5.41) is 14.5. The highest BCUT2D eigenvalue weighted by molar-refractivity contribution is 6.09. The molecule has 1 aromatic rings. The Morgan fingerprint density at radius 2 is 2.00 bits per heavy atom. The second-order valence-corrected chi connectivity index (χ2v) is 7.40. The third-order valence-corrected chi connectivity index (χ3v) is 4.13. The zero-order valence-electron chi connectivity index (χ0n) is 14.3. The number of fused-ring (bicyclic) bond motifs is 1. The minimum Gasteiger partial charge on any atom is -0.480 e. The first-order chi connectivity index (χ1) is 11.2. The number of nitrogens with one attached hydrogen (secondary N) is 2. The van der Waals surface area contributed by atoms with Crippen LogP contribution in [0, 0.1) is 11.3 Å². The van der Waals surface area contributed by atoms with Gasteiger partial charge in [0.05, 0.1) is 0 Å². The van der Waals surface area contributed by atoms with Gasteiger partial charge in [-0.05, 0) is 36.3 Å². The molecule has 1 aliphatic rings. The van der Waals surface area contributed by atoms with Crippen LogP contribution in [0.1, 0.15) is 39.2 Å². The largest absolute Gasteiger partial charge is 0.480 e. The minimum absolute atomic E-state index is 0.0282. The van der Waals surface area contributed by atoms with Gasteiger partial charge in [-0.3, -0.25) is 9.59 Å². The number of carboxylic acids is 1. The zero-order chi connectivity index (χ0) is 17.9. The van der Waals surface area contributed by atoms with E-state index in [1.54, 1.807) is 6.07 Å². The molecule has 0 saturated carbocycles. The molecular formula is C18H24N2O4. The average molecular weight is 332 g/mol. The van der Waals surface area contributed by atoms with Gasteiger partial charge in [0.1, 0.15) is 12.0 Å². The molecule has 2 unspecified atom stereocenters. The second-order valence-electron chi connectivity index (χ2n) is 7.40. The van der Waals surface area contributed by atoms with Gasteiger partial charge in [0.2, 0.25) is 11.8 Å². The SMILES string of the molecule is CC(C)(C)CCC(NC(=O)C1Cc2ccccc2NC1=O)C(=O)O. The van der Waals surface area contributed by atoms with Crippen LogP contribution < -0.4 is 10.6 Å². The van der Waals surface area contributed by atoms with Gasteiger partial charge in [-0.2, -0.15) is 0 Å². The van der Waals surface area contributed by atoms with Crippen LogP contribution in [-0.2, 0) is 20.8 Å². The number of rotatable bonds is 5. The van der Waals surface area contributed by atoms with Gasteiger partial charge < -0.3 is 15.7 Å². The van der Waals surface area contributed by atoms with Gasteiger partial charge in [-0.15, -0.1) is 0 Å². The van der Waals surface area contributed by atoms with Crippen molar-refractivity contribution < 1.29 is 19.5 Å². The lowest BCUT2D eigenvalue weighted by atomic mass is 9.88. The molecule has 0 spiro atoms. The molecule has 130 valence electrons. The van der Waals surface area contributed by atoms with Crippen LogP contribution in [0.4, 0.5) is 5.69 Å². The highest BCUT2D eigenvalue weighted by Crippen LogP contribution is 2.26. The van der Waals surface area contributed by atoms with Crippen LogP contribution in [0.25, 0.3) is 0 Å². The van der Waals surface area contributed by atoms with Crippen LogP contribution >= 0.6 is 0 Å². The van der Waals surface area contributed by atoms with Crippen molar-refractivity contribution in [2.24, 2.45) is 11.3 Å². The second kappa shape index (κ2) is 7.03. The molecular weight excluding hydrogens is 308 g/mol. The number of aliphatic carboxylic acids is 1. The molecule has 6 nitrogen and oxygen atoms in total. The van der Waals surface area contributed by atoms with E-state index >= 15 is 0 Å². The number of hydrogen-bond donors (Lipinski definition) is 3. The Labute approximate surface area is 141 Å². The third kappa shape index (κ3) is 4.57. The van der Waals surface area contributed by atoms with Crippen molar-refractivity contribution in [1.82, 2.24) is 5.32 Å². The van der Waals surface area contributed by atoms with E-state index in [1.165, 1.54) is 0 Å². The molecule has 0 bridgehead atoms. The van der Waals surface area contributed by atoms with Crippen molar-refractivity contribution in [3.8, 4) is 0 Å². The summed E-state index contributed by atoms with van der Waals surface area (Å²) in [4.78, 5) is 36.0. The monoisotopic (exact) mass is 332 g/mol. The van der Waals surface area contributed by atoms with Crippen LogP contribution in [0.15, 0.2) is 24.3 Å². The van der Waals surface area contributed by atoms with Crippen molar-refractivity contribution >= 4 is 23.5 Å². The molecule has 0 aromatic heterocycles. The predicted molar refractivity (Wildman–Crippen MR) is 90.5 cm³/mol. The maximum absolute atomic E-state index is 12.4. The summed E-state index contributed by atoms with van der Waals surface area (Å²) in [5.74, 6) is -2.92. The number of benzene rings is 1. The fourth-order valence-electron chi connectivity index (χ4n) is 2.67. The van der Waals surface area contributed by atoms with E-state index in [-0.39, 0.29) is 11.8 Å². The summed E-state index contributed by atoms with van der Waals surface area (Å²) in [7, 11) is 0. The molecule has 3 N–H and O–H groups in total. The summed E-state index contributed by atoms with van der Waals surface area (Å²) in [6, 6.07) is 6.30. The van der Waals surface area contributed by atoms with Crippen LogP contribution in [0.5, 0.6) is 0 Å². The zero-order valence-corrected chi connectivity index (χ0v) is 14.3. The number of para-hydroxylation sites is 1. The Kier molecular flexibility index (Phi) is 5.26. The van der Waals surface area contributed by atoms with Crippen molar-refractivity contribution in [1.29, 1.82) is 0 Å². The van der Waals surface area contributed by atoms with E-state index in [2.05, 4.69) is 10.6 Å². The van der Waals surface area contributed by atoms with E-state index in [4.69, 9.17) is 0 Å². The van der Waals surface area contributed by atoms with E-state index in [1.807, 2.05) is 39.0 Å². The van der Waals surface area contributed by atoms with Crippen LogP contribution in [0.3, 0.4) is 0 Å². The molecule has 6 heteroatoms. The summed E-state index contributed by atoms with van der Waals surface area (Å²) in [6.45, 7) is 6.04. The standard InChI is InChI=1S/C18H24N2O4/c1-18(2,3)9-8-14(17(23)24)20-16(22)12-10-11-6-4-5-7-13(11)19-15(12)21/h4-7,12,14H,8-10H2,1-3H3,(H,19,21)(H,20,22)(H,23,24). The van der Waals surface area contributed by atoms with Gasteiger partial charge >= 0.3 is 5.97 Å². The first-order valence-electron chi connectivity index (χ1n) is 8.09. The molecule has 1 aromatic carbocycles. The maximum atomic E-state index is 12.4. The Morgan fingerprint density at radius 3 is 2.62 bits per heavy atom. The third-order valence-electron chi connectivity index (χ3n) is 4.13. The smallest absolute Gasteiger partial charge is 0.326 e. The fraction of sp³-hybridized carbons (Fsp3) is 0.500. The molecule has 1 aliphatic heterocycles. The topological polar surface area (TPSA) is 95.5 Å². The highest BCUT2D eigenvalue weighted by Gasteiger charge is 2.34. The van der Waals surface area contributed by atoms with Crippen molar-refractivity contribution in [3.05, 3.63) is 29.8 Å². The van der Waals surface area contributed by atoms with E-state index in [9.17, 15) is 19.5 Å². The Balaban J connectivity index is 2.05. The van der Waals surface area contributed by atoms with Gasteiger partial charge in [0, 0.05) is 5.69 Å². The lowest BCUT2D eigenvalue weighted by Gasteiger charge is -2.26. The molecule has 2 rings (SSSR count). The normalized spacial score (nSPS) is 18.3. The number of carbonyl (C=O) groups is 3. The molecule has 0 fully saturated rings. The summed E-state index contributed by atoms with van der Waals surface area (Å²) in [6.07, 6.45) is 1.26. The van der Waals surface area contributed by atoms with Crippen molar-refractivity contribution in [2.75, 3.05) is 5.32 Å². The van der Waals surface area contributed by atoms with E-state index in [0.29, 0.717) is 18.5 Å². The lowest BCUT2D eigenvalue weighted by molar-refractivity contribution is -0.144. The lowest BCUT2D eigenvalue weighted by Crippen LogP contribution is -2.48. The average Bonchev–Trinajstić information content (AvgIpc) is 2.49. The van der Waals surface area contributed by atoms with Crippen molar-refractivity contribution in [2.45, 2.75) is 46.1 Å². The molecule has 0 radical (unpaired) electrons. The summed E-state index contributed by atoms with van der Waals surface area (Å²) < 4.78 is 0. The number of carbonyl (C=O) groups excluding carboxylic acids is 2. The Morgan fingerprint density at radius 1 is 1.33 bits per heavy atom. The Bertz CT molecular complexity index is 649. The van der Waals surface area contributed by atoms with Crippen molar-refractivity contribution in [3.63, 3.8) is 0 Å². The van der Waals surface area contributed by atoms with Gasteiger partial charge in [-0.1, -0.05) is 39.0 Å². The van der Waals surface area contributed by atoms with E-state index < -0.39 is 29.7 Å². The first kappa shape index (κ1) is 18.0. The number of carboxylic acid groups (broad SMARTS) is 1. The highest BCUT2D eigenvalue weighted by atomic mass is 16.4. The fourth-order valence-corrected chi connectivity index (χ4v) is 2.67. The van der Waals surface area contributed by atoms with Gasteiger partial charge in [0.25, 0.3) is 0 Å². The van der Waals surface area contributed by atoms with Gasteiger partial charge in [-0.25, -0.2) is 4.79 Å². The molecule has 24 heavy (non-hydrogen) atoms. The van der Waals surface area contributed by atoms with Crippen LogP contribution in [0.2, 0.25) is 0 Å². The molecule has 2 amide bonds. The molecule has 0 aliphatic carbocycles. The number of hydrogen-bond acceptors (Lipinski definition) is 3. The first-order valence-corrected chi connectivity index (χ1v) is 8.09. The predicted octanol–water partition coefficient (Wildman–Crippen LogP) is 2.19. The molecule has 0 saturated heterocycles. The number of amides is 2. The summed E-state index contributed by atoms with van der Waals surface area (Å²) >= 11 is 0. The molecule has 2 atom stereocenters. The summed E-state index contributed by atoms with van der Waals surface area (Å²) in [5.41, 5.74) is 1.55. The maximum Gasteiger partial charge on any atom is 0.326 e. The Hall–Kier alpha value is -2.37. The van der Waals surface area contributed by atoms with Gasteiger partial charge in [0.15, 0.2) is 0 Å². The van der Waals surface area contributed by atoms with Crippen LogP contribution in [-0.4, -0.2) is 28.9 Å².